The second-order valence-corrected chi connectivity index (χ2v) is 4.87. The van der Waals surface area contributed by atoms with Crippen LogP contribution < -0.4 is 10.1 Å². The zero-order chi connectivity index (χ0) is 13.7. The van der Waals surface area contributed by atoms with Gasteiger partial charge in [-0.3, -0.25) is 4.98 Å². The molecule has 19 heavy (non-hydrogen) atoms. The maximum absolute atomic E-state index is 9.27. The molecule has 0 aliphatic rings. The van der Waals surface area contributed by atoms with E-state index in [-0.39, 0.29) is 12.6 Å². The monoisotopic (exact) mass is 260 g/mol. The van der Waals surface area contributed by atoms with Crippen LogP contribution in [0.1, 0.15) is 13.8 Å². The third kappa shape index (κ3) is 3.91. The predicted octanol–water partition coefficient (Wildman–Crippen LogP) is 1.97. The summed E-state index contributed by atoms with van der Waals surface area (Å²) >= 11 is 0. The van der Waals surface area contributed by atoms with E-state index in [9.17, 15) is 5.11 Å². The number of nitrogens with one attached hydrogen (secondary N) is 1. The Labute approximate surface area is 113 Å². The minimum atomic E-state index is -0.0561. The molecule has 1 unspecified atom stereocenters. The van der Waals surface area contributed by atoms with Gasteiger partial charge in [0.05, 0.1) is 18.2 Å². The Hall–Kier alpha value is -1.65. The van der Waals surface area contributed by atoms with Crippen LogP contribution in [0.5, 0.6) is 5.75 Å². The summed E-state index contributed by atoms with van der Waals surface area (Å²) in [5.41, 5.74) is 0.914. The first-order valence-corrected chi connectivity index (χ1v) is 6.53. The normalized spacial score (nSPS) is 12.8. The van der Waals surface area contributed by atoms with Gasteiger partial charge in [-0.05, 0) is 18.2 Å². The van der Waals surface area contributed by atoms with Crippen LogP contribution in [0, 0.1) is 0 Å². The van der Waals surface area contributed by atoms with E-state index in [1.54, 1.807) is 6.20 Å². The highest BCUT2D eigenvalue weighted by Gasteiger charge is 2.09. The van der Waals surface area contributed by atoms with Gasteiger partial charge >= 0.3 is 0 Å². The third-order valence-electron chi connectivity index (χ3n) is 2.82. The molecule has 102 valence electrons. The fourth-order valence-corrected chi connectivity index (χ4v) is 1.96. The number of hydrogen-bond acceptors (Lipinski definition) is 4. The van der Waals surface area contributed by atoms with Gasteiger partial charge in [-0.25, -0.2) is 0 Å². The highest BCUT2D eigenvalue weighted by Crippen LogP contribution is 2.18. The summed E-state index contributed by atoms with van der Waals surface area (Å²) in [6.45, 7) is 4.59. The molecular formula is C15H20N2O2. The van der Waals surface area contributed by atoms with Crippen molar-refractivity contribution in [2.24, 2.45) is 0 Å². The lowest BCUT2D eigenvalue weighted by Crippen LogP contribution is -2.41. The van der Waals surface area contributed by atoms with E-state index in [2.05, 4.69) is 10.3 Å². The molecule has 0 amide bonds. The zero-order valence-electron chi connectivity index (χ0n) is 11.3. The number of aromatic nitrogens is 1. The number of nitrogens with zero attached hydrogens (tertiary/aromatic N) is 1. The molecule has 4 heteroatoms. The van der Waals surface area contributed by atoms with Crippen molar-refractivity contribution < 1.29 is 9.84 Å². The second-order valence-electron chi connectivity index (χ2n) is 4.87. The largest absolute Gasteiger partial charge is 0.492 e. The summed E-state index contributed by atoms with van der Waals surface area (Å²) in [6.07, 6.45) is 1.77. The van der Waals surface area contributed by atoms with Crippen LogP contribution in [0.25, 0.3) is 10.9 Å². The fraction of sp³-hybridized carbons (Fsp3) is 0.400. The summed E-state index contributed by atoms with van der Waals surface area (Å²) in [6, 6.07) is 10.0. The topological polar surface area (TPSA) is 54.4 Å². The molecular weight excluding hydrogens is 240 g/mol. The molecule has 1 heterocycles. The maximum atomic E-state index is 9.27. The second kappa shape index (κ2) is 6.50. The number of fused-ring (bicyclic) bond motifs is 1. The molecule has 0 bridgehead atoms. The van der Waals surface area contributed by atoms with Crippen molar-refractivity contribution in [2.75, 3.05) is 13.2 Å². The zero-order valence-corrected chi connectivity index (χ0v) is 11.3. The van der Waals surface area contributed by atoms with Crippen LogP contribution in [0.4, 0.5) is 0 Å². The summed E-state index contributed by atoms with van der Waals surface area (Å²) in [7, 11) is 0. The van der Waals surface area contributed by atoms with E-state index in [0.717, 1.165) is 16.7 Å². The maximum Gasteiger partial charge on any atom is 0.121 e. The van der Waals surface area contributed by atoms with Gasteiger partial charge in [0, 0.05) is 23.7 Å². The molecule has 1 atom stereocenters. The van der Waals surface area contributed by atoms with Gasteiger partial charge in [0.2, 0.25) is 0 Å². The van der Waals surface area contributed by atoms with Crippen LogP contribution in [-0.2, 0) is 0 Å². The van der Waals surface area contributed by atoms with E-state index in [1.165, 1.54) is 0 Å². The molecule has 0 fully saturated rings. The Morgan fingerprint density at radius 2 is 2.16 bits per heavy atom. The van der Waals surface area contributed by atoms with Crippen LogP contribution in [0.2, 0.25) is 0 Å². The van der Waals surface area contributed by atoms with E-state index in [4.69, 9.17) is 4.74 Å². The Morgan fingerprint density at radius 3 is 2.89 bits per heavy atom. The van der Waals surface area contributed by atoms with E-state index in [0.29, 0.717) is 12.6 Å². The van der Waals surface area contributed by atoms with E-state index < -0.39 is 0 Å². The number of ether oxygens (including phenoxy) is 1. The summed E-state index contributed by atoms with van der Waals surface area (Å²) in [5.74, 6) is 0.773. The Balaban J connectivity index is 2.00. The molecule has 1 aromatic heterocycles. The van der Waals surface area contributed by atoms with Gasteiger partial charge in [-0.15, -0.1) is 0 Å². The summed E-state index contributed by atoms with van der Waals surface area (Å²) in [5, 5.41) is 13.6. The van der Waals surface area contributed by atoms with Crippen molar-refractivity contribution in [1.82, 2.24) is 10.3 Å². The number of benzene rings is 1. The smallest absolute Gasteiger partial charge is 0.121 e. The van der Waals surface area contributed by atoms with Gasteiger partial charge < -0.3 is 15.2 Å². The number of aliphatic hydroxyl groups excluding tert-OH is 1. The van der Waals surface area contributed by atoms with Crippen molar-refractivity contribution in [3.8, 4) is 5.75 Å². The third-order valence-corrected chi connectivity index (χ3v) is 2.82. The van der Waals surface area contributed by atoms with Gasteiger partial charge in [0.15, 0.2) is 0 Å². The highest BCUT2D eigenvalue weighted by atomic mass is 16.5. The molecule has 2 N–H and O–H groups in total. The molecule has 4 nitrogen and oxygen atoms in total. The Kier molecular flexibility index (Phi) is 4.71. The van der Waals surface area contributed by atoms with Crippen LogP contribution >= 0.6 is 0 Å². The van der Waals surface area contributed by atoms with Crippen molar-refractivity contribution in [2.45, 2.75) is 25.9 Å². The number of hydrogen-bond donors (Lipinski definition) is 2. The molecule has 0 spiro atoms. The predicted molar refractivity (Wildman–Crippen MR) is 76.4 cm³/mol. The average molecular weight is 260 g/mol. The summed E-state index contributed by atoms with van der Waals surface area (Å²) < 4.78 is 5.71. The van der Waals surface area contributed by atoms with Crippen molar-refractivity contribution >= 4 is 10.9 Å². The quantitative estimate of drug-likeness (QED) is 0.834. The summed E-state index contributed by atoms with van der Waals surface area (Å²) in [4.78, 5) is 4.29. The lowest BCUT2D eigenvalue weighted by molar-refractivity contribution is 0.177. The van der Waals surface area contributed by atoms with Crippen LogP contribution in [0.3, 0.4) is 0 Å². The molecule has 2 aromatic rings. The first-order chi connectivity index (χ1) is 9.19. The molecule has 1 aromatic carbocycles. The van der Waals surface area contributed by atoms with Gasteiger partial charge in [0.1, 0.15) is 12.4 Å². The molecule has 0 saturated heterocycles. The molecule has 2 rings (SSSR count). The van der Waals surface area contributed by atoms with E-state index >= 15 is 0 Å². The lowest BCUT2D eigenvalue weighted by Gasteiger charge is -2.19. The minimum absolute atomic E-state index is 0.0561. The Bertz CT molecular complexity index is 528. The first kappa shape index (κ1) is 13.8. The number of pyridine rings is 1. The van der Waals surface area contributed by atoms with Crippen molar-refractivity contribution in [3.63, 3.8) is 0 Å². The Morgan fingerprint density at radius 1 is 1.32 bits per heavy atom. The molecule has 0 radical (unpaired) electrons. The minimum Gasteiger partial charge on any atom is -0.492 e. The van der Waals surface area contributed by atoms with Crippen molar-refractivity contribution in [3.05, 3.63) is 36.5 Å². The van der Waals surface area contributed by atoms with Crippen LogP contribution in [-0.4, -0.2) is 35.4 Å². The molecule has 0 saturated carbocycles. The van der Waals surface area contributed by atoms with Crippen LogP contribution in [0.15, 0.2) is 36.5 Å². The number of aliphatic hydroxyl groups is 1. The van der Waals surface area contributed by atoms with Gasteiger partial charge in [0.25, 0.3) is 0 Å². The molecule has 0 aliphatic heterocycles. The SMILES string of the molecule is CC(C)NC(CO)COc1ccc2cccnc2c1. The van der Waals surface area contributed by atoms with Gasteiger partial charge in [-0.2, -0.15) is 0 Å². The highest BCUT2D eigenvalue weighted by molar-refractivity contribution is 5.79. The number of rotatable bonds is 6. The fourth-order valence-electron chi connectivity index (χ4n) is 1.96. The van der Waals surface area contributed by atoms with Crippen molar-refractivity contribution in [1.29, 1.82) is 0 Å². The average Bonchev–Trinajstić information content (AvgIpc) is 2.42. The first-order valence-electron chi connectivity index (χ1n) is 6.53. The van der Waals surface area contributed by atoms with E-state index in [1.807, 2.05) is 44.2 Å². The lowest BCUT2D eigenvalue weighted by atomic mass is 10.2. The van der Waals surface area contributed by atoms with Gasteiger partial charge in [-0.1, -0.05) is 19.9 Å². The molecule has 0 aliphatic carbocycles. The standard InChI is InChI=1S/C15H20N2O2/c1-11(2)17-13(9-18)10-19-14-6-5-12-4-3-7-16-15(12)8-14/h3-8,11,13,17-18H,9-10H2,1-2H3.